The van der Waals surface area contributed by atoms with Crippen LogP contribution in [0.25, 0.3) is 0 Å². The van der Waals surface area contributed by atoms with Crippen LogP contribution in [0.3, 0.4) is 0 Å². The van der Waals surface area contributed by atoms with Crippen LogP contribution in [-0.4, -0.2) is 30.8 Å². The van der Waals surface area contributed by atoms with Gasteiger partial charge in [-0.1, -0.05) is 0 Å². The smallest absolute Gasteiger partial charge is 0.0987 e. The van der Waals surface area contributed by atoms with E-state index in [0.29, 0.717) is 0 Å². The molecule has 0 amide bonds. The second kappa shape index (κ2) is 2.17. The van der Waals surface area contributed by atoms with Crippen LogP contribution in [0.5, 0.6) is 0 Å². The van der Waals surface area contributed by atoms with Crippen LogP contribution in [0.2, 0.25) is 0 Å². The predicted molar refractivity (Wildman–Crippen MR) is 43.9 cm³/mol. The molecule has 2 rings (SSSR count). The third kappa shape index (κ3) is 0.906. The van der Waals surface area contributed by atoms with Crippen molar-refractivity contribution in [3.05, 3.63) is 0 Å². The molecule has 2 aliphatic rings. The van der Waals surface area contributed by atoms with Crippen molar-refractivity contribution in [2.24, 2.45) is 11.5 Å². The maximum absolute atomic E-state index is 6.15. The maximum Gasteiger partial charge on any atom is 0.0987 e. The molecule has 2 fully saturated rings. The summed E-state index contributed by atoms with van der Waals surface area (Å²) in [5, 5.41) is 6.52. The van der Waals surface area contributed by atoms with Gasteiger partial charge in [-0.15, -0.1) is 0 Å². The van der Waals surface area contributed by atoms with Gasteiger partial charge in [0.2, 0.25) is 0 Å². The summed E-state index contributed by atoms with van der Waals surface area (Å²) in [5.74, 6) is 0. The van der Waals surface area contributed by atoms with Crippen LogP contribution in [0.15, 0.2) is 0 Å². The Morgan fingerprint density at radius 1 is 1.18 bits per heavy atom. The van der Waals surface area contributed by atoms with Gasteiger partial charge in [-0.3, -0.25) is 5.32 Å². The Morgan fingerprint density at radius 3 is 2.73 bits per heavy atom. The zero-order valence-electron chi connectivity index (χ0n) is 6.69. The maximum atomic E-state index is 6.15. The van der Waals surface area contributed by atoms with Gasteiger partial charge in [0.15, 0.2) is 0 Å². The third-order valence-electron chi connectivity index (χ3n) is 2.97. The first kappa shape index (κ1) is 7.49. The molecular formula is C7H16N4. The summed E-state index contributed by atoms with van der Waals surface area (Å²) in [7, 11) is 0. The summed E-state index contributed by atoms with van der Waals surface area (Å²) in [6.07, 6.45) is 2.17. The van der Waals surface area contributed by atoms with E-state index in [1.165, 1.54) is 0 Å². The minimum atomic E-state index is -0.356. The Bertz CT molecular complexity index is 154. The molecule has 0 aromatic heterocycles. The van der Waals surface area contributed by atoms with Crippen molar-refractivity contribution < 1.29 is 0 Å². The van der Waals surface area contributed by atoms with Gasteiger partial charge in [-0.2, -0.15) is 0 Å². The first-order chi connectivity index (χ1) is 5.16. The van der Waals surface area contributed by atoms with Gasteiger partial charge >= 0.3 is 0 Å². The van der Waals surface area contributed by atoms with E-state index in [0.717, 1.165) is 32.5 Å². The molecule has 0 saturated carbocycles. The van der Waals surface area contributed by atoms with Gasteiger partial charge in [0.1, 0.15) is 0 Å². The summed E-state index contributed by atoms with van der Waals surface area (Å²) in [5.41, 5.74) is 11.7. The lowest BCUT2D eigenvalue weighted by atomic mass is 9.81. The highest BCUT2D eigenvalue weighted by Crippen LogP contribution is 2.27. The molecule has 11 heavy (non-hydrogen) atoms. The monoisotopic (exact) mass is 156 g/mol. The van der Waals surface area contributed by atoms with Gasteiger partial charge in [-0.25, -0.2) is 0 Å². The van der Waals surface area contributed by atoms with E-state index in [9.17, 15) is 0 Å². The molecule has 64 valence electrons. The molecule has 0 spiro atoms. The zero-order chi connectivity index (χ0) is 7.95. The summed E-state index contributed by atoms with van der Waals surface area (Å²) in [6.45, 7) is 2.64. The van der Waals surface area contributed by atoms with Gasteiger partial charge in [-0.05, 0) is 19.4 Å². The SMILES string of the molecule is NC12CCCN[C@]1(N)CNC2. The molecule has 1 unspecified atom stereocenters. The fourth-order valence-electron chi connectivity index (χ4n) is 2.08. The lowest BCUT2D eigenvalue weighted by Gasteiger charge is -2.44. The summed E-state index contributed by atoms with van der Waals surface area (Å²) >= 11 is 0. The van der Waals surface area contributed by atoms with Gasteiger partial charge in [0, 0.05) is 13.1 Å². The zero-order valence-corrected chi connectivity index (χ0v) is 6.69. The second-order valence-electron chi connectivity index (χ2n) is 3.76. The Kier molecular flexibility index (Phi) is 1.47. The predicted octanol–water partition coefficient (Wildman–Crippen LogP) is -1.67. The molecule has 0 aromatic carbocycles. The number of hydrogen-bond acceptors (Lipinski definition) is 4. The Balaban J connectivity index is 2.24. The fraction of sp³-hybridized carbons (Fsp3) is 1.00. The molecule has 0 aliphatic carbocycles. The lowest BCUT2D eigenvalue weighted by molar-refractivity contribution is 0.178. The van der Waals surface area contributed by atoms with Crippen LogP contribution < -0.4 is 22.1 Å². The van der Waals surface area contributed by atoms with Crippen LogP contribution in [-0.2, 0) is 0 Å². The average molecular weight is 156 g/mol. The molecular weight excluding hydrogens is 140 g/mol. The summed E-state index contributed by atoms with van der Waals surface area (Å²) < 4.78 is 0. The number of nitrogens with one attached hydrogen (secondary N) is 2. The highest BCUT2D eigenvalue weighted by Gasteiger charge is 2.51. The van der Waals surface area contributed by atoms with E-state index in [2.05, 4.69) is 10.6 Å². The molecule has 4 heteroatoms. The minimum absolute atomic E-state index is 0.217. The topological polar surface area (TPSA) is 76.1 Å². The van der Waals surface area contributed by atoms with Crippen LogP contribution in [0.4, 0.5) is 0 Å². The Labute approximate surface area is 66.7 Å². The molecule has 2 atom stereocenters. The number of nitrogens with two attached hydrogens (primary N) is 2. The highest BCUT2D eigenvalue weighted by atomic mass is 15.3. The van der Waals surface area contributed by atoms with Crippen LogP contribution in [0, 0.1) is 0 Å². The van der Waals surface area contributed by atoms with Gasteiger partial charge in [0.05, 0.1) is 11.2 Å². The van der Waals surface area contributed by atoms with E-state index in [1.807, 2.05) is 0 Å². The molecule has 0 bridgehead atoms. The number of rotatable bonds is 0. The van der Waals surface area contributed by atoms with Crippen molar-refractivity contribution >= 4 is 0 Å². The first-order valence-corrected chi connectivity index (χ1v) is 4.20. The van der Waals surface area contributed by atoms with Crippen molar-refractivity contribution in [1.82, 2.24) is 10.6 Å². The third-order valence-corrected chi connectivity index (χ3v) is 2.97. The standard InChI is InChI=1S/C7H16N4/c8-6-2-1-3-11-7(6,9)5-10-4-6/h10-11H,1-5,8-9H2/t6?,7-/m1/s1. The lowest BCUT2D eigenvalue weighted by Crippen LogP contribution is -2.74. The first-order valence-electron chi connectivity index (χ1n) is 4.20. The molecule has 0 radical (unpaired) electrons. The molecule has 6 N–H and O–H groups in total. The van der Waals surface area contributed by atoms with Crippen LogP contribution >= 0.6 is 0 Å². The van der Waals surface area contributed by atoms with Crippen LogP contribution in [0.1, 0.15) is 12.8 Å². The highest BCUT2D eigenvalue weighted by molar-refractivity contribution is 5.14. The minimum Gasteiger partial charge on any atom is -0.321 e. The number of fused-ring (bicyclic) bond motifs is 1. The normalized spacial score (nSPS) is 50.7. The average Bonchev–Trinajstić information content (AvgIpc) is 2.25. The number of hydrogen-bond donors (Lipinski definition) is 4. The second-order valence-corrected chi connectivity index (χ2v) is 3.76. The Hall–Kier alpha value is -0.160. The molecule has 2 aliphatic heterocycles. The van der Waals surface area contributed by atoms with E-state index in [4.69, 9.17) is 11.5 Å². The molecule has 0 aromatic rings. The van der Waals surface area contributed by atoms with Gasteiger partial charge in [0.25, 0.3) is 0 Å². The Morgan fingerprint density at radius 2 is 2.00 bits per heavy atom. The molecule has 2 heterocycles. The van der Waals surface area contributed by atoms with E-state index in [-0.39, 0.29) is 11.2 Å². The van der Waals surface area contributed by atoms with E-state index in [1.54, 1.807) is 0 Å². The quantitative estimate of drug-likeness (QED) is 0.338. The molecule has 2 saturated heterocycles. The van der Waals surface area contributed by atoms with Gasteiger partial charge < -0.3 is 16.8 Å². The summed E-state index contributed by atoms with van der Waals surface area (Å²) in [6, 6.07) is 0. The van der Waals surface area contributed by atoms with E-state index < -0.39 is 0 Å². The molecule has 4 nitrogen and oxygen atoms in total. The van der Waals surface area contributed by atoms with Crippen molar-refractivity contribution in [3.8, 4) is 0 Å². The van der Waals surface area contributed by atoms with Crippen molar-refractivity contribution in [3.63, 3.8) is 0 Å². The van der Waals surface area contributed by atoms with Crippen molar-refractivity contribution in [2.75, 3.05) is 19.6 Å². The van der Waals surface area contributed by atoms with Crippen molar-refractivity contribution in [1.29, 1.82) is 0 Å². The number of piperidine rings is 1. The summed E-state index contributed by atoms with van der Waals surface area (Å²) in [4.78, 5) is 0. The fourth-order valence-corrected chi connectivity index (χ4v) is 2.08. The van der Waals surface area contributed by atoms with Crippen molar-refractivity contribution in [2.45, 2.75) is 24.0 Å². The van der Waals surface area contributed by atoms with E-state index >= 15 is 0 Å². The largest absolute Gasteiger partial charge is 0.321 e.